The van der Waals surface area contributed by atoms with Crippen LogP contribution in [0.15, 0.2) is 24.3 Å². The Morgan fingerprint density at radius 3 is 2.39 bits per heavy atom. The van der Waals surface area contributed by atoms with E-state index in [-0.39, 0.29) is 12.0 Å². The Labute approximate surface area is 185 Å². The van der Waals surface area contributed by atoms with Crippen molar-refractivity contribution in [1.29, 1.82) is 0 Å². The number of hydrogen-bond donors (Lipinski definition) is 2. The topological polar surface area (TPSA) is 67.4 Å². The largest absolute Gasteiger partial charge is 0.465 e. The molecule has 0 unspecified atom stereocenters. The Morgan fingerprint density at radius 1 is 1.04 bits per heavy atom. The Balaban J connectivity index is 1.97. The Bertz CT molecular complexity index is 612. The van der Waals surface area contributed by atoms with Gasteiger partial charge in [-0.2, -0.15) is 11.8 Å². The predicted octanol–water partition coefficient (Wildman–Crippen LogP) is 4.44. The number of thioether (sulfide) groups is 1. The average molecular weight is 461 g/mol. The third-order valence-corrected chi connectivity index (χ3v) is 6.65. The molecule has 0 aliphatic carbocycles. The van der Waals surface area contributed by atoms with E-state index < -0.39 is 0 Å². The number of carbonyl (C=O) groups is 2. The lowest BCUT2D eigenvalue weighted by Gasteiger charge is -2.08. The van der Waals surface area contributed by atoms with Crippen LogP contribution in [0.5, 0.6) is 0 Å². The highest BCUT2D eigenvalue weighted by molar-refractivity contribution is 8.76. The fourth-order valence-corrected chi connectivity index (χ4v) is 4.39. The summed E-state index contributed by atoms with van der Waals surface area (Å²) < 4.78 is 5.12. The molecule has 0 radical (unpaired) electrons. The maximum Gasteiger partial charge on any atom is 0.315 e. The molecule has 0 atom stereocenters. The summed E-state index contributed by atoms with van der Waals surface area (Å²) in [7, 11) is 3.27. The zero-order valence-corrected chi connectivity index (χ0v) is 19.6. The van der Waals surface area contributed by atoms with Gasteiger partial charge >= 0.3 is 12.0 Å². The summed E-state index contributed by atoms with van der Waals surface area (Å²) >= 11 is 6.72. The van der Waals surface area contributed by atoms with Crippen molar-refractivity contribution >= 4 is 62.4 Å². The molecule has 28 heavy (non-hydrogen) atoms. The second kappa shape index (κ2) is 16.0. The molecular weight excluding hydrogens is 432 g/mol. The normalized spacial score (nSPS) is 10.4. The monoisotopic (exact) mass is 460 g/mol. The molecule has 0 saturated heterocycles. The van der Waals surface area contributed by atoms with Crippen molar-refractivity contribution in [2.24, 2.45) is 0 Å². The second-order valence-electron chi connectivity index (χ2n) is 5.93. The standard InChI is InChI=1S/C19H28N2O3S4/c1-15(25)3-8-18(22)24-10-12-28-27-11-9-20-19(23)21-13-16-4-6-17(7-5-16)14-26-2/h4-7H,3,8-14H2,1-2H3,(H2,20,21,23). The lowest BCUT2D eigenvalue weighted by atomic mass is 10.1. The number of nitrogens with one attached hydrogen (secondary N) is 2. The van der Waals surface area contributed by atoms with E-state index in [1.807, 2.05) is 19.1 Å². The van der Waals surface area contributed by atoms with Gasteiger partial charge in [0.1, 0.15) is 6.61 Å². The van der Waals surface area contributed by atoms with E-state index in [1.165, 1.54) is 5.56 Å². The van der Waals surface area contributed by atoms with Gasteiger partial charge in [-0.3, -0.25) is 4.79 Å². The first-order valence-corrected chi connectivity index (χ1v) is 13.3. The minimum atomic E-state index is -0.202. The molecule has 0 fully saturated rings. The first-order chi connectivity index (χ1) is 13.5. The van der Waals surface area contributed by atoms with E-state index in [1.54, 1.807) is 33.3 Å². The number of thiocarbonyl (C=S) groups is 1. The second-order valence-corrected chi connectivity index (χ2v) is 10.2. The number of ether oxygens (including phenoxy) is 1. The van der Waals surface area contributed by atoms with Crippen molar-refractivity contribution in [3.05, 3.63) is 35.4 Å². The molecule has 2 amide bonds. The molecule has 0 bridgehead atoms. The zero-order valence-electron chi connectivity index (χ0n) is 16.3. The van der Waals surface area contributed by atoms with E-state index in [4.69, 9.17) is 17.0 Å². The first-order valence-electron chi connectivity index (χ1n) is 8.99. The molecule has 0 saturated carbocycles. The van der Waals surface area contributed by atoms with Gasteiger partial charge in [0, 0.05) is 30.3 Å². The van der Waals surface area contributed by atoms with E-state index in [0.29, 0.717) is 32.5 Å². The molecule has 0 heterocycles. The molecule has 1 aromatic carbocycles. The third-order valence-electron chi connectivity index (χ3n) is 3.45. The Morgan fingerprint density at radius 2 is 1.71 bits per heavy atom. The Hall–Kier alpha value is -0.900. The Kier molecular flexibility index (Phi) is 14.3. The van der Waals surface area contributed by atoms with Crippen LogP contribution in [0.25, 0.3) is 0 Å². The average Bonchev–Trinajstić information content (AvgIpc) is 2.68. The van der Waals surface area contributed by atoms with Crippen molar-refractivity contribution in [1.82, 2.24) is 10.6 Å². The molecule has 1 rings (SSSR count). The van der Waals surface area contributed by atoms with Gasteiger partial charge in [-0.15, -0.1) is 0 Å². The van der Waals surface area contributed by atoms with Gasteiger partial charge < -0.3 is 15.4 Å². The zero-order chi connectivity index (χ0) is 20.6. The van der Waals surface area contributed by atoms with Crippen LogP contribution in [-0.4, -0.2) is 47.8 Å². The number of benzene rings is 1. The van der Waals surface area contributed by atoms with Crippen LogP contribution in [-0.2, 0) is 21.8 Å². The molecule has 5 nitrogen and oxygen atoms in total. The summed E-state index contributed by atoms with van der Waals surface area (Å²) in [5, 5.41) is 5.69. The highest BCUT2D eigenvalue weighted by Crippen LogP contribution is 2.19. The van der Waals surface area contributed by atoms with Crippen LogP contribution in [0.3, 0.4) is 0 Å². The summed E-state index contributed by atoms with van der Waals surface area (Å²) in [6.45, 7) is 3.33. The van der Waals surface area contributed by atoms with Crippen molar-refractivity contribution < 1.29 is 14.3 Å². The summed E-state index contributed by atoms with van der Waals surface area (Å²) in [5.41, 5.74) is 2.37. The van der Waals surface area contributed by atoms with Crippen molar-refractivity contribution in [3.8, 4) is 0 Å². The summed E-state index contributed by atoms with van der Waals surface area (Å²) in [5.74, 6) is 2.32. The molecule has 9 heteroatoms. The van der Waals surface area contributed by atoms with Gasteiger partial charge in [-0.25, -0.2) is 4.79 Å². The minimum Gasteiger partial charge on any atom is -0.465 e. The molecule has 0 spiro atoms. The van der Waals surface area contributed by atoms with E-state index in [2.05, 4.69) is 29.0 Å². The van der Waals surface area contributed by atoms with Gasteiger partial charge in [0.05, 0.1) is 6.42 Å². The third kappa shape index (κ3) is 13.3. The van der Waals surface area contributed by atoms with Crippen LogP contribution in [0.2, 0.25) is 0 Å². The van der Waals surface area contributed by atoms with Crippen LogP contribution >= 0.6 is 45.6 Å². The van der Waals surface area contributed by atoms with Gasteiger partial charge in [0.2, 0.25) is 0 Å². The SMILES string of the molecule is CSCc1ccc(CNC(=O)NCCSSCCOC(=O)CCC(C)=S)cc1. The quantitative estimate of drug-likeness (QED) is 0.184. The van der Waals surface area contributed by atoms with Crippen molar-refractivity contribution in [2.45, 2.75) is 32.1 Å². The van der Waals surface area contributed by atoms with Gasteiger partial charge in [0.25, 0.3) is 0 Å². The maximum atomic E-state index is 11.8. The molecule has 0 aromatic heterocycles. The number of hydrogen-bond acceptors (Lipinski definition) is 7. The fourth-order valence-electron chi connectivity index (χ4n) is 2.03. The lowest BCUT2D eigenvalue weighted by Crippen LogP contribution is -2.36. The van der Waals surface area contributed by atoms with Crippen LogP contribution < -0.4 is 10.6 Å². The van der Waals surface area contributed by atoms with Crippen LogP contribution in [0.4, 0.5) is 4.79 Å². The molecule has 0 aliphatic rings. The molecule has 156 valence electrons. The van der Waals surface area contributed by atoms with Crippen molar-refractivity contribution in [2.75, 3.05) is 30.9 Å². The van der Waals surface area contributed by atoms with Gasteiger partial charge in [0.15, 0.2) is 0 Å². The molecule has 2 N–H and O–H groups in total. The van der Waals surface area contributed by atoms with Gasteiger partial charge in [-0.1, -0.05) is 58.1 Å². The first kappa shape index (κ1) is 25.1. The molecular formula is C19H28N2O3S4. The molecule has 1 aromatic rings. The van der Waals surface area contributed by atoms with E-state index in [9.17, 15) is 9.59 Å². The number of carbonyl (C=O) groups excluding carboxylic acids is 2. The van der Waals surface area contributed by atoms with Gasteiger partial charge in [-0.05, 0) is 35.6 Å². The van der Waals surface area contributed by atoms with E-state index in [0.717, 1.165) is 27.7 Å². The summed E-state index contributed by atoms with van der Waals surface area (Å²) in [6.07, 6.45) is 3.04. The smallest absolute Gasteiger partial charge is 0.315 e. The predicted molar refractivity (Wildman–Crippen MR) is 127 cm³/mol. The summed E-state index contributed by atoms with van der Waals surface area (Å²) in [6, 6.07) is 8.11. The van der Waals surface area contributed by atoms with E-state index >= 15 is 0 Å². The van der Waals surface area contributed by atoms with Crippen molar-refractivity contribution in [3.63, 3.8) is 0 Å². The lowest BCUT2D eigenvalue weighted by molar-refractivity contribution is -0.142. The number of rotatable bonds is 14. The fraction of sp³-hybridized carbons (Fsp3) is 0.526. The number of esters is 1. The van der Waals surface area contributed by atoms with Crippen LogP contribution in [0.1, 0.15) is 30.9 Å². The number of amides is 2. The molecule has 0 aliphatic heterocycles. The minimum absolute atomic E-state index is 0.165. The highest BCUT2D eigenvalue weighted by atomic mass is 33.1. The maximum absolute atomic E-state index is 11.8. The highest BCUT2D eigenvalue weighted by Gasteiger charge is 2.04. The summed E-state index contributed by atoms with van der Waals surface area (Å²) in [4.78, 5) is 24.0. The van der Waals surface area contributed by atoms with Crippen LogP contribution in [0, 0.1) is 0 Å². The number of urea groups is 1.